The molecule has 0 radical (unpaired) electrons. The molecule has 26 heavy (non-hydrogen) atoms. The fourth-order valence-electron chi connectivity index (χ4n) is 3.95. The number of fused-ring (bicyclic) bond motifs is 2. The van der Waals surface area contributed by atoms with Gasteiger partial charge in [0.2, 0.25) is 0 Å². The summed E-state index contributed by atoms with van der Waals surface area (Å²) in [5.41, 5.74) is 4.38. The Bertz CT molecular complexity index is 776. The van der Waals surface area contributed by atoms with Crippen molar-refractivity contribution in [1.82, 2.24) is 5.32 Å². The van der Waals surface area contributed by atoms with Crippen molar-refractivity contribution < 1.29 is 14.9 Å². The number of rotatable bonds is 4. The van der Waals surface area contributed by atoms with Crippen molar-refractivity contribution in [2.45, 2.75) is 38.8 Å². The van der Waals surface area contributed by atoms with E-state index in [4.69, 9.17) is 9.78 Å². The van der Waals surface area contributed by atoms with Crippen LogP contribution in [0, 0.1) is 5.41 Å². The molecule has 2 unspecified atom stereocenters. The molecule has 0 spiro atoms. The number of hydrogen-bond donors (Lipinski definition) is 3. The van der Waals surface area contributed by atoms with Crippen LogP contribution in [0.1, 0.15) is 36.6 Å². The molecule has 1 heterocycles. The molecule has 3 N–H and O–H groups in total. The van der Waals surface area contributed by atoms with Gasteiger partial charge in [-0.2, -0.15) is 4.89 Å². The molecule has 138 valence electrons. The van der Waals surface area contributed by atoms with Crippen LogP contribution in [0.3, 0.4) is 0 Å². The lowest BCUT2D eigenvalue weighted by Crippen LogP contribution is -2.47. The van der Waals surface area contributed by atoms with Crippen molar-refractivity contribution in [3.8, 4) is 5.75 Å². The monoisotopic (exact) mass is 354 g/mol. The van der Waals surface area contributed by atoms with E-state index in [1.165, 1.54) is 11.1 Å². The number of aliphatic hydroxyl groups excluding tert-OH is 1. The highest BCUT2D eigenvalue weighted by Crippen LogP contribution is 2.44. The fourth-order valence-corrected chi connectivity index (χ4v) is 3.95. The SMILES string of the molecule is CC1(C)Cc2cc3c(cc2C(NCCc2ccccc2)C1O)OOCN3. The van der Waals surface area contributed by atoms with E-state index < -0.39 is 6.10 Å². The zero-order valence-corrected chi connectivity index (χ0v) is 15.3. The summed E-state index contributed by atoms with van der Waals surface area (Å²) in [6, 6.07) is 14.4. The number of hydrogen-bond acceptors (Lipinski definition) is 5. The van der Waals surface area contributed by atoms with Gasteiger partial charge in [-0.05, 0) is 53.6 Å². The van der Waals surface area contributed by atoms with Crippen molar-refractivity contribution in [2.24, 2.45) is 5.41 Å². The Balaban J connectivity index is 1.58. The molecule has 2 atom stereocenters. The molecule has 0 saturated carbocycles. The van der Waals surface area contributed by atoms with Gasteiger partial charge in [-0.1, -0.05) is 44.2 Å². The van der Waals surface area contributed by atoms with Crippen molar-refractivity contribution in [2.75, 3.05) is 18.6 Å². The molecule has 0 aromatic heterocycles. The molecule has 4 rings (SSSR count). The van der Waals surface area contributed by atoms with Crippen molar-refractivity contribution in [3.63, 3.8) is 0 Å². The molecular weight excluding hydrogens is 328 g/mol. The first kappa shape index (κ1) is 17.3. The number of anilines is 1. The minimum Gasteiger partial charge on any atom is -0.391 e. The second-order valence-corrected chi connectivity index (χ2v) is 7.85. The molecule has 5 heteroatoms. The summed E-state index contributed by atoms with van der Waals surface area (Å²) in [6.07, 6.45) is 1.28. The maximum Gasteiger partial charge on any atom is 0.188 e. The van der Waals surface area contributed by atoms with E-state index >= 15 is 0 Å². The summed E-state index contributed by atoms with van der Waals surface area (Å²) in [7, 11) is 0. The molecule has 5 nitrogen and oxygen atoms in total. The highest BCUT2D eigenvalue weighted by atomic mass is 17.2. The minimum atomic E-state index is -0.471. The van der Waals surface area contributed by atoms with E-state index in [1.807, 2.05) is 12.1 Å². The van der Waals surface area contributed by atoms with Gasteiger partial charge in [-0.25, -0.2) is 0 Å². The molecule has 2 aliphatic rings. The van der Waals surface area contributed by atoms with E-state index in [-0.39, 0.29) is 11.5 Å². The summed E-state index contributed by atoms with van der Waals surface area (Å²) in [4.78, 5) is 10.4. The molecule has 0 amide bonds. The van der Waals surface area contributed by atoms with Gasteiger partial charge in [-0.3, -0.25) is 0 Å². The molecular formula is C21H26N2O3. The third-order valence-corrected chi connectivity index (χ3v) is 5.43. The largest absolute Gasteiger partial charge is 0.391 e. The van der Waals surface area contributed by atoms with Crippen LogP contribution in [0.4, 0.5) is 5.69 Å². The predicted octanol–water partition coefficient (Wildman–Crippen LogP) is 3.20. The summed E-state index contributed by atoms with van der Waals surface area (Å²) in [6.45, 7) is 5.39. The molecule has 0 fully saturated rings. The Labute approximate surface area is 154 Å². The van der Waals surface area contributed by atoms with E-state index in [0.29, 0.717) is 12.5 Å². The Morgan fingerprint density at radius 2 is 2.04 bits per heavy atom. The van der Waals surface area contributed by atoms with Gasteiger partial charge in [0, 0.05) is 0 Å². The number of nitrogens with one attached hydrogen (secondary N) is 2. The molecule has 2 aromatic rings. The van der Waals surface area contributed by atoms with Crippen LogP contribution < -0.4 is 15.5 Å². The maximum atomic E-state index is 11.0. The average Bonchev–Trinajstić information content (AvgIpc) is 2.64. The quantitative estimate of drug-likeness (QED) is 0.736. The lowest BCUT2D eigenvalue weighted by molar-refractivity contribution is -0.205. The van der Waals surface area contributed by atoms with Crippen LogP contribution in [-0.2, 0) is 17.7 Å². The Morgan fingerprint density at radius 3 is 2.85 bits per heavy atom. The molecule has 0 saturated heterocycles. The first-order valence-electron chi connectivity index (χ1n) is 9.20. The Hall–Kier alpha value is -2.08. The lowest BCUT2D eigenvalue weighted by Gasteiger charge is -2.43. The van der Waals surface area contributed by atoms with E-state index in [0.717, 1.165) is 30.6 Å². The zero-order chi connectivity index (χ0) is 18.1. The second kappa shape index (κ2) is 6.91. The van der Waals surface area contributed by atoms with Gasteiger partial charge in [0.25, 0.3) is 0 Å². The minimum absolute atomic E-state index is 0.131. The lowest BCUT2D eigenvalue weighted by atomic mass is 9.69. The van der Waals surface area contributed by atoms with Crippen molar-refractivity contribution >= 4 is 5.69 Å². The third kappa shape index (κ3) is 3.30. The molecule has 2 aromatic carbocycles. The van der Waals surface area contributed by atoms with Crippen LogP contribution in [-0.4, -0.2) is 24.5 Å². The average molecular weight is 354 g/mol. The summed E-state index contributed by atoms with van der Waals surface area (Å²) < 4.78 is 0. The molecule has 1 aliphatic heterocycles. The Kier molecular flexibility index (Phi) is 4.61. The number of benzene rings is 2. The van der Waals surface area contributed by atoms with Gasteiger partial charge < -0.3 is 20.6 Å². The van der Waals surface area contributed by atoms with Crippen molar-refractivity contribution in [1.29, 1.82) is 0 Å². The molecule has 1 aliphatic carbocycles. The predicted molar refractivity (Wildman–Crippen MR) is 101 cm³/mol. The van der Waals surface area contributed by atoms with Crippen LogP contribution in [0.15, 0.2) is 42.5 Å². The zero-order valence-electron chi connectivity index (χ0n) is 15.3. The normalized spacial score (nSPS) is 23.3. The topological polar surface area (TPSA) is 62.8 Å². The first-order valence-corrected chi connectivity index (χ1v) is 9.20. The number of aliphatic hydroxyl groups is 1. The Morgan fingerprint density at radius 1 is 1.23 bits per heavy atom. The van der Waals surface area contributed by atoms with Crippen LogP contribution >= 0.6 is 0 Å². The van der Waals surface area contributed by atoms with Crippen LogP contribution in [0.5, 0.6) is 5.75 Å². The van der Waals surface area contributed by atoms with Gasteiger partial charge in [-0.15, -0.1) is 0 Å². The maximum absolute atomic E-state index is 11.0. The highest BCUT2D eigenvalue weighted by Gasteiger charge is 2.41. The van der Waals surface area contributed by atoms with Crippen LogP contribution in [0.25, 0.3) is 0 Å². The van der Waals surface area contributed by atoms with Gasteiger partial charge >= 0.3 is 0 Å². The fraction of sp³-hybridized carbons (Fsp3) is 0.429. The van der Waals surface area contributed by atoms with Gasteiger partial charge in [0.1, 0.15) is 0 Å². The van der Waals surface area contributed by atoms with E-state index in [1.54, 1.807) is 0 Å². The smallest absolute Gasteiger partial charge is 0.188 e. The summed E-state index contributed by atoms with van der Waals surface area (Å²) in [5.74, 6) is 0.678. The van der Waals surface area contributed by atoms with Gasteiger partial charge in [0.15, 0.2) is 12.5 Å². The third-order valence-electron chi connectivity index (χ3n) is 5.43. The summed E-state index contributed by atoms with van der Waals surface area (Å²) in [5, 5.41) is 17.8. The second-order valence-electron chi connectivity index (χ2n) is 7.85. The standard InChI is InChI=1S/C21H26N2O3/c1-21(2)12-15-10-17-18(26-25-13-23-17)11-16(15)19(20(21)24)22-9-8-14-6-4-3-5-7-14/h3-7,10-11,19-20,22-24H,8-9,12-13H2,1-2H3. The highest BCUT2D eigenvalue weighted by molar-refractivity contribution is 5.62. The van der Waals surface area contributed by atoms with Gasteiger partial charge in [0.05, 0.1) is 17.8 Å². The van der Waals surface area contributed by atoms with E-state index in [2.05, 4.69) is 54.8 Å². The summed E-state index contributed by atoms with van der Waals surface area (Å²) >= 11 is 0. The van der Waals surface area contributed by atoms with E-state index in [9.17, 15) is 5.11 Å². The molecule has 0 bridgehead atoms. The first-order chi connectivity index (χ1) is 12.5. The van der Waals surface area contributed by atoms with Crippen LogP contribution in [0.2, 0.25) is 0 Å². The van der Waals surface area contributed by atoms with Crippen molar-refractivity contribution in [3.05, 3.63) is 59.2 Å².